The van der Waals surface area contributed by atoms with Gasteiger partial charge in [0.1, 0.15) is 11.6 Å². The summed E-state index contributed by atoms with van der Waals surface area (Å²) >= 11 is 5.88. The number of amides is 1. The Morgan fingerprint density at radius 1 is 1.24 bits per heavy atom. The summed E-state index contributed by atoms with van der Waals surface area (Å²) in [4.78, 5) is 16.4. The topological polar surface area (TPSA) is 55.1 Å². The first-order chi connectivity index (χ1) is 12.0. The van der Waals surface area contributed by atoms with Gasteiger partial charge in [0.05, 0.1) is 11.3 Å². The van der Waals surface area contributed by atoms with Crippen LogP contribution in [0.5, 0.6) is 0 Å². The van der Waals surface area contributed by atoms with Crippen LogP contribution in [0.25, 0.3) is 11.5 Å². The van der Waals surface area contributed by atoms with Crippen LogP contribution in [0.1, 0.15) is 21.8 Å². The molecule has 0 saturated heterocycles. The lowest BCUT2D eigenvalue weighted by atomic mass is 10.2. The van der Waals surface area contributed by atoms with Crippen molar-refractivity contribution in [1.82, 2.24) is 10.3 Å². The van der Waals surface area contributed by atoms with Crippen LogP contribution in [0, 0.1) is 12.7 Å². The molecule has 0 aliphatic rings. The fourth-order valence-electron chi connectivity index (χ4n) is 2.44. The molecule has 1 N–H and O–H groups in total. The average molecular weight is 359 g/mol. The van der Waals surface area contributed by atoms with E-state index in [1.54, 1.807) is 49.4 Å². The molecule has 0 fully saturated rings. The molecular formula is C19H16ClFN2O2. The summed E-state index contributed by atoms with van der Waals surface area (Å²) in [5.41, 5.74) is 1.50. The quantitative estimate of drug-likeness (QED) is 0.734. The predicted octanol–water partition coefficient (Wildman–Crippen LogP) is 4.42. The van der Waals surface area contributed by atoms with Crippen LogP contribution >= 0.6 is 11.6 Å². The molecule has 2 aromatic carbocycles. The predicted molar refractivity (Wildman–Crippen MR) is 94.1 cm³/mol. The largest absolute Gasteiger partial charge is 0.441 e. The highest BCUT2D eigenvalue weighted by molar-refractivity contribution is 6.30. The van der Waals surface area contributed by atoms with Gasteiger partial charge in [-0.15, -0.1) is 0 Å². The summed E-state index contributed by atoms with van der Waals surface area (Å²) in [6.45, 7) is 2.15. The van der Waals surface area contributed by atoms with E-state index in [1.165, 1.54) is 6.07 Å². The maximum atomic E-state index is 13.8. The molecule has 128 valence electrons. The first-order valence-corrected chi connectivity index (χ1v) is 8.17. The SMILES string of the molecule is Cc1oc(-c2ccccc2F)nc1CCNC(=O)c1cccc(Cl)c1. The van der Waals surface area contributed by atoms with Gasteiger partial charge in [-0.1, -0.05) is 29.8 Å². The van der Waals surface area contributed by atoms with Crippen LogP contribution in [0.2, 0.25) is 5.02 Å². The van der Waals surface area contributed by atoms with Gasteiger partial charge in [-0.25, -0.2) is 9.37 Å². The van der Waals surface area contributed by atoms with Crippen molar-refractivity contribution in [2.45, 2.75) is 13.3 Å². The molecule has 0 bridgehead atoms. The minimum atomic E-state index is -0.385. The first-order valence-electron chi connectivity index (χ1n) is 7.79. The monoisotopic (exact) mass is 358 g/mol. The van der Waals surface area contributed by atoms with Gasteiger partial charge in [0.2, 0.25) is 5.89 Å². The summed E-state index contributed by atoms with van der Waals surface area (Å²) in [5.74, 6) is 0.254. The van der Waals surface area contributed by atoms with E-state index >= 15 is 0 Å². The Labute approximate surface area is 149 Å². The molecule has 4 nitrogen and oxygen atoms in total. The van der Waals surface area contributed by atoms with Crippen molar-refractivity contribution in [1.29, 1.82) is 0 Å². The van der Waals surface area contributed by atoms with Gasteiger partial charge in [0, 0.05) is 23.6 Å². The van der Waals surface area contributed by atoms with Crippen LogP contribution in [-0.4, -0.2) is 17.4 Å². The number of aromatic nitrogens is 1. The number of nitrogens with one attached hydrogen (secondary N) is 1. The third-order valence-corrected chi connectivity index (χ3v) is 3.97. The number of rotatable bonds is 5. The van der Waals surface area contributed by atoms with Crippen molar-refractivity contribution in [2.75, 3.05) is 6.54 Å². The summed E-state index contributed by atoms with van der Waals surface area (Å²) in [6.07, 6.45) is 0.482. The number of carbonyl (C=O) groups excluding carboxylic acids is 1. The van der Waals surface area contributed by atoms with Crippen molar-refractivity contribution in [3.05, 3.63) is 76.4 Å². The van der Waals surface area contributed by atoms with Crippen LogP contribution in [0.3, 0.4) is 0 Å². The second-order valence-corrected chi connectivity index (χ2v) is 5.95. The summed E-state index contributed by atoms with van der Waals surface area (Å²) in [6, 6.07) is 13.0. The Balaban J connectivity index is 1.64. The van der Waals surface area contributed by atoms with Crippen molar-refractivity contribution >= 4 is 17.5 Å². The Kier molecular flexibility index (Phi) is 5.14. The molecule has 6 heteroatoms. The van der Waals surface area contributed by atoms with E-state index in [9.17, 15) is 9.18 Å². The summed E-state index contributed by atoms with van der Waals surface area (Å²) in [5, 5.41) is 3.32. The molecule has 0 radical (unpaired) electrons. The van der Waals surface area contributed by atoms with Gasteiger partial charge in [-0.05, 0) is 37.3 Å². The van der Waals surface area contributed by atoms with Gasteiger partial charge in [-0.3, -0.25) is 4.79 Å². The molecule has 0 aliphatic heterocycles. The molecule has 0 unspecified atom stereocenters. The first kappa shape index (κ1) is 17.2. The highest BCUT2D eigenvalue weighted by atomic mass is 35.5. The van der Waals surface area contributed by atoms with E-state index in [0.29, 0.717) is 40.6 Å². The lowest BCUT2D eigenvalue weighted by Crippen LogP contribution is -2.25. The smallest absolute Gasteiger partial charge is 0.251 e. The van der Waals surface area contributed by atoms with Gasteiger partial charge < -0.3 is 9.73 Å². The molecule has 0 spiro atoms. The second kappa shape index (κ2) is 7.49. The minimum Gasteiger partial charge on any atom is -0.441 e. The third kappa shape index (κ3) is 4.06. The Morgan fingerprint density at radius 2 is 2.04 bits per heavy atom. The van der Waals surface area contributed by atoms with Crippen molar-refractivity contribution in [3.63, 3.8) is 0 Å². The molecule has 1 aromatic heterocycles. The van der Waals surface area contributed by atoms with Crippen LogP contribution in [0.4, 0.5) is 4.39 Å². The lowest BCUT2D eigenvalue weighted by Gasteiger charge is -2.04. The molecule has 3 rings (SSSR count). The number of halogens is 2. The number of nitrogens with zero attached hydrogens (tertiary/aromatic N) is 1. The van der Waals surface area contributed by atoms with Gasteiger partial charge in [-0.2, -0.15) is 0 Å². The Hall–Kier alpha value is -2.66. The molecule has 1 heterocycles. The highest BCUT2D eigenvalue weighted by Crippen LogP contribution is 2.24. The molecule has 0 saturated carbocycles. The van der Waals surface area contributed by atoms with E-state index in [4.69, 9.17) is 16.0 Å². The van der Waals surface area contributed by atoms with E-state index in [0.717, 1.165) is 0 Å². The van der Waals surface area contributed by atoms with Crippen molar-refractivity contribution in [2.24, 2.45) is 0 Å². The molecular weight excluding hydrogens is 343 g/mol. The van der Waals surface area contributed by atoms with Crippen LogP contribution in [0.15, 0.2) is 52.9 Å². The van der Waals surface area contributed by atoms with Crippen LogP contribution < -0.4 is 5.32 Å². The number of benzene rings is 2. The van der Waals surface area contributed by atoms with Gasteiger partial charge >= 0.3 is 0 Å². The highest BCUT2D eigenvalue weighted by Gasteiger charge is 2.14. The number of hydrogen-bond acceptors (Lipinski definition) is 3. The number of hydrogen-bond donors (Lipinski definition) is 1. The fraction of sp³-hybridized carbons (Fsp3) is 0.158. The Bertz CT molecular complexity index is 908. The average Bonchev–Trinajstić information content (AvgIpc) is 2.96. The summed E-state index contributed by atoms with van der Waals surface area (Å²) < 4.78 is 19.4. The zero-order valence-electron chi connectivity index (χ0n) is 13.6. The zero-order valence-corrected chi connectivity index (χ0v) is 14.3. The molecule has 0 atom stereocenters. The van der Waals surface area contributed by atoms with E-state index in [1.807, 2.05) is 0 Å². The van der Waals surface area contributed by atoms with Crippen molar-refractivity contribution < 1.29 is 13.6 Å². The van der Waals surface area contributed by atoms with Gasteiger partial charge in [0.15, 0.2) is 0 Å². The zero-order chi connectivity index (χ0) is 17.8. The normalized spacial score (nSPS) is 10.7. The van der Waals surface area contributed by atoms with Crippen LogP contribution in [-0.2, 0) is 6.42 Å². The van der Waals surface area contributed by atoms with Gasteiger partial charge in [0.25, 0.3) is 5.91 Å². The standard InChI is InChI=1S/C19H16ClFN2O2/c1-12-17(23-19(25-12)15-7-2-3-8-16(15)21)9-10-22-18(24)13-5-4-6-14(20)11-13/h2-8,11H,9-10H2,1H3,(H,22,24). The Morgan fingerprint density at radius 3 is 2.80 bits per heavy atom. The second-order valence-electron chi connectivity index (χ2n) is 5.52. The maximum Gasteiger partial charge on any atom is 0.251 e. The molecule has 3 aromatic rings. The van der Waals surface area contributed by atoms with Crippen molar-refractivity contribution in [3.8, 4) is 11.5 Å². The fourth-order valence-corrected chi connectivity index (χ4v) is 2.63. The maximum absolute atomic E-state index is 13.8. The molecule has 0 aliphatic carbocycles. The lowest BCUT2D eigenvalue weighted by molar-refractivity contribution is 0.0954. The number of oxazole rings is 1. The van der Waals surface area contributed by atoms with E-state index in [2.05, 4.69) is 10.3 Å². The molecule has 25 heavy (non-hydrogen) atoms. The third-order valence-electron chi connectivity index (χ3n) is 3.73. The van der Waals surface area contributed by atoms with E-state index in [-0.39, 0.29) is 17.6 Å². The minimum absolute atomic E-state index is 0.210. The molecule has 1 amide bonds. The summed E-state index contributed by atoms with van der Waals surface area (Å²) in [7, 11) is 0. The number of aryl methyl sites for hydroxylation is 1. The van der Waals surface area contributed by atoms with E-state index < -0.39 is 0 Å². The number of carbonyl (C=O) groups is 1.